The summed E-state index contributed by atoms with van der Waals surface area (Å²) in [5.74, 6) is 4.81. The fourth-order valence-corrected chi connectivity index (χ4v) is 2.14. The van der Waals surface area contributed by atoms with Crippen LogP contribution in [0.3, 0.4) is 0 Å². The Morgan fingerprint density at radius 2 is 1.60 bits per heavy atom. The van der Waals surface area contributed by atoms with Crippen LogP contribution in [0.4, 0.5) is 18.9 Å². The van der Waals surface area contributed by atoms with Gasteiger partial charge in [-0.3, -0.25) is 0 Å². The molecule has 0 spiro atoms. The van der Waals surface area contributed by atoms with Gasteiger partial charge in [0.15, 0.2) is 0 Å². The Morgan fingerprint density at radius 3 is 2.12 bits per heavy atom. The van der Waals surface area contributed by atoms with E-state index in [4.69, 9.17) is 0 Å². The highest BCUT2D eigenvalue weighted by Gasteiger charge is 2.54. The number of anilines is 1. The molecule has 0 aliphatic rings. The maximum absolute atomic E-state index is 13.5. The highest BCUT2D eigenvalue weighted by Crippen LogP contribution is 2.39. The molecule has 0 aromatic heterocycles. The number of alkyl halides is 3. The Hall–Kier alpha value is -2.45. The van der Waals surface area contributed by atoms with Crippen LogP contribution in [0.15, 0.2) is 54.6 Å². The Morgan fingerprint density at radius 1 is 1.00 bits per heavy atom. The van der Waals surface area contributed by atoms with E-state index in [1.54, 1.807) is 30.3 Å². The van der Waals surface area contributed by atoms with Crippen LogP contribution in [-0.4, -0.2) is 17.8 Å². The van der Waals surface area contributed by atoms with Crippen molar-refractivity contribution in [3.63, 3.8) is 0 Å². The van der Waals surface area contributed by atoms with Gasteiger partial charge in [-0.25, -0.2) is 0 Å². The van der Waals surface area contributed by atoms with Crippen LogP contribution in [0.1, 0.15) is 25.0 Å². The van der Waals surface area contributed by atoms with E-state index in [-0.39, 0.29) is 5.56 Å². The molecule has 5 heteroatoms. The number of hydrogen-bond acceptors (Lipinski definition) is 2. The molecule has 0 radical (unpaired) electrons. The number of benzene rings is 2. The van der Waals surface area contributed by atoms with Crippen molar-refractivity contribution < 1.29 is 18.3 Å². The topological polar surface area (TPSA) is 32.3 Å². The van der Waals surface area contributed by atoms with Gasteiger partial charge in [0.2, 0.25) is 5.60 Å². The summed E-state index contributed by atoms with van der Waals surface area (Å²) in [7, 11) is 0. The monoisotopic (exact) mass is 347 g/mol. The minimum absolute atomic E-state index is 0.307. The van der Waals surface area contributed by atoms with Gasteiger partial charge in [-0.2, -0.15) is 13.2 Å². The van der Waals surface area contributed by atoms with Gasteiger partial charge in [-0.15, -0.1) is 0 Å². The summed E-state index contributed by atoms with van der Waals surface area (Å²) in [5.41, 5.74) is -2.43. The fourth-order valence-electron chi connectivity index (χ4n) is 2.14. The molecule has 0 saturated carbocycles. The maximum Gasteiger partial charge on any atom is 0.433 e. The SMILES string of the molecule is CC(C)CNc1ccc(C(O)(C#Cc2ccccc2)C(F)(F)F)cc1. The van der Waals surface area contributed by atoms with E-state index in [0.29, 0.717) is 23.7 Å². The number of nitrogens with one attached hydrogen (secondary N) is 1. The summed E-state index contributed by atoms with van der Waals surface area (Å²) in [6.07, 6.45) is -4.92. The van der Waals surface area contributed by atoms with Crippen molar-refractivity contribution >= 4 is 5.69 Å². The van der Waals surface area contributed by atoms with Gasteiger partial charge in [0, 0.05) is 23.4 Å². The van der Waals surface area contributed by atoms with Crippen molar-refractivity contribution in [1.29, 1.82) is 0 Å². The van der Waals surface area contributed by atoms with Crippen LogP contribution in [-0.2, 0) is 5.60 Å². The van der Waals surface area contributed by atoms with Crippen LogP contribution in [0, 0.1) is 17.8 Å². The third-order valence-corrected chi connectivity index (χ3v) is 3.59. The number of rotatable bonds is 4. The van der Waals surface area contributed by atoms with Gasteiger partial charge in [-0.05, 0) is 36.1 Å². The smallest absolute Gasteiger partial charge is 0.385 e. The van der Waals surface area contributed by atoms with Gasteiger partial charge in [0.25, 0.3) is 0 Å². The third kappa shape index (κ3) is 4.77. The average molecular weight is 347 g/mol. The molecule has 2 aromatic carbocycles. The highest BCUT2D eigenvalue weighted by atomic mass is 19.4. The molecule has 0 aliphatic heterocycles. The summed E-state index contributed by atoms with van der Waals surface area (Å²) in [4.78, 5) is 0. The predicted octanol–water partition coefficient (Wildman–Crippen LogP) is 4.56. The second kappa shape index (κ2) is 7.62. The average Bonchev–Trinajstić information content (AvgIpc) is 2.58. The van der Waals surface area contributed by atoms with Gasteiger partial charge < -0.3 is 10.4 Å². The lowest BCUT2D eigenvalue weighted by atomic mass is 9.93. The van der Waals surface area contributed by atoms with Crippen LogP contribution in [0.25, 0.3) is 0 Å². The Labute approximate surface area is 145 Å². The molecule has 0 fully saturated rings. The molecule has 2 nitrogen and oxygen atoms in total. The molecule has 1 unspecified atom stereocenters. The first kappa shape index (κ1) is 18.9. The standard InChI is InChI=1S/C20H20F3NO/c1-15(2)14-24-18-10-8-17(9-11-18)19(25,20(21,22)23)13-12-16-6-4-3-5-7-16/h3-11,15,24-25H,14H2,1-2H3. The van der Waals surface area contributed by atoms with Crippen molar-refractivity contribution in [2.45, 2.75) is 25.6 Å². The van der Waals surface area contributed by atoms with E-state index < -0.39 is 11.8 Å². The van der Waals surface area contributed by atoms with E-state index >= 15 is 0 Å². The van der Waals surface area contributed by atoms with E-state index in [9.17, 15) is 18.3 Å². The predicted molar refractivity (Wildman–Crippen MR) is 93.0 cm³/mol. The van der Waals surface area contributed by atoms with Gasteiger partial charge in [0.1, 0.15) is 0 Å². The first-order valence-corrected chi connectivity index (χ1v) is 7.94. The van der Waals surface area contributed by atoms with E-state index in [1.165, 1.54) is 24.3 Å². The molecule has 1 atom stereocenters. The Kier molecular flexibility index (Phi) is 5.76. The highest BCUT2D eigenvalue weighted by molar-refractivity contribution is 5.48. The minimum atomic E-state index is -4.92. The van der Waals surface area contributed by atoms with Gasteiger partial charge in [-0.1, -0.05) is 50.1 Å². The largest absolute Gasteiger partial charge is 0.433 e. The van der Waals surface area contributed by atoms with E-state index in [0.717, 1.165) is 0 Å². The minimum Gasteiger partial charge on any atom is -0.385 e. The summed E-state index contributed by atoms with van der Waals surface area (Å²) in [6, 6.07) is 13.8. The van der Waals surface area contributed by atoms with Crippen molar-refractivity contribution in [1.82, 2.24) is 0 Å². The summed E-state index contributed by atoms with van der Waals surface area (Å²) in [6.45, 7) is 4.77. The van der Waals surface area contributed by atoms with Crippen LogP contribution < -0.4 is 5.32 Å². The van der Waals surface area contributed by atoms with E-state index in [1.807, 2.05) is 19.8 Å². The molecule has 2 N–H and O–H groups in total. The Balaban J connectivity index is 2.33. The molecule has 25 heavy (non-hydrogen) atoms. The molecule has 2 aromatic rings. The second-order valence-corrected chi connectivity index (χ2v) is 6.18. The summed E-state index contributed by atoms with van der Waals surface area (Å²) < 4.78 is 40.4. The van der Waals surface area contributed by atoms with Crippen LogP contribution >= 0.6 is 0 Å². The quantitative estimate of drug-likeness (QED) is 0.795. The fraction of sp³-hybridized carbons (Fsp3) is 0.300. The first-order valence-electron chi connectivity index (χ1n) is 7.94. The number of halogens is 3. The van der Waals surface area contributed by atoms with Crippen molar-refractivity contribution in [3.05, 3.63) is 65.7 Å². The van der Waals surface area contributed by atoms with Crippen molar-refractivity contribution in [3.8, 4) is 11.8 Å². The molecule has 2 rings (SSSR count). The molecule has 0 bridgehead atoms. The molecule has 132 valence electrons. The van der Waals surface area contributed by atoms with Gasteiger partial charge >= 0.3 is 6.18 Å². The summed E-state index contributed by atoms with van der Waals surface area (Å²) >= 11 is 0. The first-order chi connectivity index (χ1) is 11.7. The molecule has 0 saturated heterocycles. The molecule has 0 heterocycles. The molecular formula is C20H20F3NO. The molecule has 0 aliphatic carbocycles. The maximum atomic E-state index is 13.5. The lowest BCUT2D eigenvalue weighted by Crippen LogP contribution is -2.41. The van der Waals surface area contributed by atoms with Crippen molar-refractivity contribution in [2.75, 3.05) is 11.9 Å². The van der Waals surface area contributed by atoms with Crippen LogP contribution in [0.5, 0.6) is 0 Å². The molecule has 0 amide bonds. The second-order valence-electron chi connectivity index (χ2n) is 6.18. The van der Waals surface area contributed by atoms with E-state index in [2.05, 4.69) is 11.2 Å². The number of aliphatic hydroxyl groups is 1. The molecular weight excluding hydrogens is 327 g/mol. The zero-order chi connectivity index (χ0) is 18.5. The number of hydrogen-bond donors (Lipinski definition) is 2. The zero-order valence-corrected chi connectivity index (χ0v) is 14.1. The third-order valence-electron chi connectivity index (χ3n) is 3.59. The van der Waals surface area contributed by atoms with Gasteiger partial charge in [0.05, 0.1) is 0 Å². The lowest BCUT2D eigenvalue weighted by Gasteiger charge is -2.26. The lowest BCUT2D eigenvalue weighted by molar-refractivity contribution is -0.240. The van der Waals surface area contributed by atoms with Crippen molar-refractivity contribution in [2.24, 2.45) is 5.92 Å². The van der Waals surface area contributed by atoms with Crippen LogP contribution in [0.2, 0.25) is 0 Å². The Bertz CT molecular complexity index is 742. The zero-order valence-electron chi connectivity index (χ0n) is 14.1. The normalized spacial score (nSPS) is 13.7. The summed E-state index contributed by atoms with van der Waals surface area (Å²) in [5, 5.41) is 13.4.